The van der Waals surface area contributed by atoms with E-state index >= 15 is 0 Å². The highest BCUT2D eigenvalue weighted by atomic mass is 16.1. The van der Waals surface area contributed by atoms with Gasteiger partial charge in [0.15, 0.2) is 0 Å². The molecule has 0 aliphatic carbocycles. The zero-order valence-electron chi connectivity index (χ0n) is 13.1. The molecule has 2 heterocycles. The third-order valence-electron chi connectivity index (χ3n) is 3.78. The molecule has 1 fully saturated rings. The number of carbonyl (C=O) groups excluding carboxylic acids is 1. The summed E-state index contributed by atoms with van der Waals surface area (Å²) in [6.45, 7) is 7.69. The molecule has 0 bridgehead atoms. The number of pyridine rings is 1. The van der Waals surface area contributed by atoms with Gasteiger partial charge in [0.25, 0.3) is 0 Å². The first kappa shape index (κ1) is 15.8. The molecule has 21 heavy (non-hydrogen) atoms. The van der Waals surface area contributed by atoms with E-state index in [1.54, 1.807) is 6.92 Å². The lowest BCUT2D eigenvalue weighted by Gasteiger charge is -2.32. The van der Waals surface area contributed by atoms with Crippen molar-refractivity contribution in [1.29, 1.82) is 0 Å². The summed E-state index contributed by atoms with van der Waals surface area (Å²) in [5, 5.41) is 6.29. The van der Waals surface area contributed by atoms with Crippen molar-refractivity contribution < 1.29 is 4.79 Å². The van der Waals surface area contributed by atoms with Crippen LogP contribution in [0.2, 0.25) is 0 Å². The van der Waals surface area contributed by atoms with Crippen LogP contribution in [0.5, 0.6) is 0 Å². The first-order valence-electron chi connectivity index (χ1n) is 7.85. The van der Waals surface area contributed by atoms with Crippen molar-refractivity contribution in [1.82, 2.24) is 15.2 Å². The monoisotopic (exact) mass is 290 g/mol. The van der Waals surface area contributed by atoms with Gasteiger partial charge in [0.1, 0.15) is 5.82 Å². The molecule has 0 aromatic carbocycles. The summed E-state index contributed by atoms with van der Waals surface area (Å²) in [4.78, 5) is 17.9. The number of carbonyl (C=O) groups is 1. The second-order valence-corrected chi connectivity index (χ2v) is 5.73. The van der Waals surface area contributed by atoms with Crippen molar-refractivity contribution in [3.63, 3.8) is 0 Å². The van der Waals surface area contributed by atoms with Crippen LogP contribution in [0.4, 0.5) is 5.82 Å². The van der Waals surface area contributed by atoms with Crippen LogP contribution >= 0.6 is 0 Å². The molecule has 1 aromatic rings. The van der Waals surface area contributed by atoms with E-state index in [4.69, 9.17) is 0 Å². The van der Waals surface area contributed by atoms with Crippen LogP contribution in [0.3, 0.4) is 0 Å². The largest absolute Gasteiger partial charge is 0.370 e. The molecule has 5 heteroatoms. The first-order valence-corrected chi connectivity index (χ1v) is 7.85. The average molecular weight is 290 g/mol. The van der Waals surface area contributed by atoms with Gasteiger partial charge >= 0.3 is 0 Å². The summed E-state index contributed by atoms with van der Waals surface area (Å²) in [6.07, 6.45) is 5.12. The molecule has 0 radical (unpaired) electrons. The van der Waals surface area contributed by atoms with Crippen LogP contribution in [-0.4, -0.2) is 41.5 Å². The highest BCUT2D eigenvalue weighted by molar-refractivity contribution is 5.73. The number of nitrogens with one attached hydrogen (secondary N) is 2. The van der Waals surface area contributed by atoms with E-state index < -0.39 is 0 Å². The van der Waals surface area contributed by atoms with Gasteiger partial charge in [-0.15, -0.1) is 0 Å². The van der Waals surface area contributed by atoms with Gasteiger partial charge < -0.3 is 10.6 Å². The van der Waals surface area contributed by atoms with Gasteiger partial charge in [-0.3, -0.25) is 9.69 Å². The highest BCUT2D eigenvalue weighted by Crippen LogP contribution is 2.14. The molecular weight excluding hydrogens is 264 g/mol. The molecule has 0 saturated carbocycles. The SMILES string of the molecule is CCCNc1ccc(CN2CCC(NC(C)=O)CC2)cn1. The number of nitrogens with zero attached hydrogens (tertiary/aromatic N) is 2. The zero-order valence-corrected chi connectivity index (χ0v) is 13.1. The Bertz CT molecular complexity index is 438. The van der Waals surface area contributed by atoms with Crippen LogP contribution in [0, 0.1) is 0 Å². The van der Waals surface area contributed by atoms with Crippen molar-refractivity contribution in [2.45, 2.75) is 45.7 Å². The Kier molecular flexibility index (Phi) is 5.99. The Hall–Kier alpha value is -1.62. The molecule has 5 nitrogen and oxygen atoms in total. The van der Waals surface area contributed by atoms with Crippen molar-refractivity contribution in [3.8, 4) is 0 Å². The summed E-state index contributed by atoms with van der Waals surface area (Å²) in [5.74, 6) is 1.03. The molecule has 2 N–H and O–H groups in total. The zero-order chi connectivity index (χ0) is 15.1. The van der Waals surface area contributed by atoms with E-state index in [0.717, 1.165) is 51.3 Å². The number of piperidine rings is 1. The minimum absolute atomic E-state index is 0.0767. The lowest BCUT2D eigenvalue weighted by molar-refractivity contribution is -0.119. The smallest absolute Gasteiger partial charge is 0.217 e. The van der Waals surface area contributed by atoms with Crippen molar-refractivity contribution in [2.75, 3.05) is 25.0 Å². The van der Waals surface area contributed by atoms with Gasteiger partial charge in [-0.2, -0.15) is 0 Å². The van der Waals surface area contributed by atoms with Crippen molar-refractivity contribution in [2.24, 2.45) is 0 Å². The van der Waals surface area contributed by atoms with Gasteiger partial charge in [0.2, 0.25) is 5.91 Å². The van der Waals surface area contributed by atoms with Crippen LogP contribution in [0.15, 0.2) is 18.3 Å². The maximum absolute atomic E-state index is 11.1. The number of amides is 1. The third-order valence-corrected chi connectivity index (χ3v) is 3.78. The topological polar surface area (TPSA) is 57.3 Å². The Morgan fingerprint density at radius 1 is 1.38 bits per heavy atom. The number of hydrogen-bond donors (Lipinski definition) is 2. The number of anilines is 1. The van der Waals surface area contributed by atoms with Gasteiger partial charge in [0.05, 0.1) is 0 Å². The van der Waals surface area contributed by atoms with Crippen LogP contribution < -0.4 is 10.6 Å². The van der Waals surface area contributed by atoms with E-state index in [1.807, 2.05) is 6.20 Å². The lowest BCUT2D eigenvalue weighted by atomic mass is 10.0. The molecule has 116 valence electrons. The summed E-state index contributed by atoms with van der Waals surface area (Å²) < 4.78 is 0. The van der Waals surface area contributed by atoms with Crippen LogP contribution in [-0.2, 0) is 11.3 Å². The van der Waals surface area contributed by atoms with Crippen molar-refractivity contribution >= 4 is 11.7 Å². The van der Waals surface area contributed by atoms with Crippen LogP contribution in [0.1, 0.15) is 38.7 Å². The highest BCUT2D eigenvalue weighted by Gasteiger charge is 2.19. The van der Waals surface area contributed by atoms with Gasteiger partial charge in [-0.1, -0.05) is 13.0 Å². The fourth-order valence-electron chi connectivity index (χ4n) is 2.66. The molecule has 1 aliphatic heterocycles. The number of aromatic nitrogens is 1. The Morgan fingerprint density at radius 3 is 2.71 bits per heavy atom. The van der Waals surface area contributed by atoms with Gasteiger partial charge in [0, 0.05) is 45.3 Å². The van der Waals surface area contributed by atoms with E-state index in [9.17, 15) is 4.79 Å². The molecule has 0 spiro atoms. The lowest BCUT2D eigenvalue weighted by Crippen LogP contribution is -2.43. The van der Waals surface area contributed by atoms with E-state index in [-0.39, 0.29) is 5.91 Å². The van der Waals surface area contributed by atoms with Crippen LogP contribution in [0.25, 0.3) is 0 Å². The molecule has 1 aromatic heterocycles. The predicted molar refractivity (Wildman–Crippen MR) is 85.1 cm³/mol. The molecule has 1 aliphatic rings. The average Bonchev–Trinajstić information content (AvgIpc) is 2.48. The minimum atomic E-state index is 0.0767. The Labute approximate surface area is 127 Å². The minimum Gasteiger partial charge on any atom is -0.370 e. The summed E-state index contributed by atoms with van der Waals surface area (Å²) in [7, 11) is 0. The van der Waals surface area contributed by atoms with Gasteiger partial charge in [-0.25, -0.2) is 4.98 Å². The number of rotatable bonds is 6. The summed E-state index contributed by atoms with van der Waals surface area (Å²) in [5.41, 5.74) is 1.25. The number of likely N-dealkylation sites (tertiary alicyclic amines) is 1. The first-order chi connectivity index (χ1) is 10.2. The summed E-state index contributed by atoms with van der Waals surface area (Å²) >= 11 is 0. The second-order valence-electron chi connectivity index (χ2n) is 5.73. The van der Waals surface area contributed by atoms with E-state index in [0.29, 0.717) is 6.04 Å². The molecule has 0 unspecified atom stereocenters. The maximum Gasteiger partial charge on any atom is 0.217 e. The fraction of sp³-hybridized carbons (Fsp3) is 0.625. The Morgan fingerprint density at radius 2 is 2.14 bits per heavy atom. The fourth-order valence-corrected chi connectivity index (χ4v) is 2.66. The standard InChI is InChI=1S/C16H26N4O/c1-3-8-17-16-5-4-14(11-18-16)12-20-9-6-15(7-10-20)19-13(2)21/h4-5,11,15H,3,6-10,12H2,1-2H3,(H,17,18)(H,19,21). The third kappa shape index (κ3) is 5.34. The van der Waals surface area contributed by atoms with E-state index in [1.165, 1.54) is 5.56 Å². The van der Waals surface area contributed by atoms with Crippen molar-refractivity contribution in [3.05, 3.63) is 23.9 Å². The molecule has 1 saturated heterocycles. The second kappa shape index (κ2) is 7.98. The Balaban J connectivity index is 1.76. The normalized spacial score (nSPS) is 16.7. The molecule has 2 rings (SSSR count). The summed E-state index contributed by atoms with van der Waals surface area (Å²) in [6, 6.07) is 4.54. The molecule has 1 amide bonds. The quantitative estimate of drug-likeness (QED) is 0.841. The maximum atomic E-state index is 11.1. The van der Waals surface area contributed by atoms with Gasteiger partial charge in [-0.05, 0) is 30.9 Å². The van der Waals surface area contributed by atoms with E-state index in [2.05, 4.69) is 39.6 Å². The molecular formula is C16H26N4O. The predicted octanol–water partition coefficient (Wildman–Crippen LogP) is 2.00. The number of hydrogen-bond acceptors (Lipinski definition) is 4. The molecule has 0 atom stereocenters.